The van der Waals surface area contributed by atoms with Crippen molar-refractivity contribution in [3.63, 3.8) is 0 Å². The van der Waals surface area contributed by atoms with E-state index in [9.17, 15) is 0 Å². The summed E-state index contributed by atoms with van der Waals surface area (Å²) in [5.74, 6) is 1.90. The zero-order valence-electron chi connectivity index (χ0n) is 36.6. The lowest BCUT2D eigenvalue weighted by molar-refractivity contribution is 1.08. The Kier molecular flexibility index (Phi) is 7.72. The van der Waals surface area contributed by atoms with Gasteiger partial charge in [-0.3, -0.25) is 0 Å². The summed E-state index contributed by atoms with van der Waals surface area (Å²) in [5, 5.41) is 11.7. The fraction of sp³-hybridized carbons (Fsp3) is 0. The highest BCUT2D eigenvalue weighted by atomic mass is 15.0. The summed E-state index contributed by atoms with van der Waals surface area (Å²) in [6, 6.07) is 81.1. The molecule has 0 amide bonds. The molecule has 0 spiro atoms. The second kappa shape index (κ2) is 14.2. The van der Waals surface area contributed by atoms with E-state index in [4.69, 9.17) is 15.0 Å². The van der Waals surface area contributed by atoms with Gasteiger partial charge in [-0.25, -0.2) is 15.0 Å². The normalized spacial score (nSPS) is 12.1. The first kappa shape index (κ1) is 37.1. The van der Waals surface area contributed by atoms with Crippen LogP contribution in [0.4, 0.5) is 0 Å². The zero-order valence-corrected chi connectivity index (χ0v) is 36.6. The number of nitrogens with zero attached hydrogens (tertiary/aromatic N) is 5. The SMILES string of the molecule is c1ccc2c(c1)-c1ccccc1-n1c3cc4c5ccccc5n(-c5cccc6c(-c7nc(-c8ccc9ccccc9c8)nc(-c8ccc9ccccc9c8)n7)cccc56)c4cc3c3cccc-2c31. The Morgan fingerprint density at radius 1 is 0.250 bits per heavy atom. The summed E-state index contributed by atoms with van der Waals surface area (Å²) in [7, 11) is 0. The molecule has 5 heteroatoms. The van der Waals surface area contributed by atoms with Crippen molar-refractivity contribution in [2.45, 2.75) is 0 Å². The van der Waals surface area contributed by atoms with Crippen LogP contribution in [0, 0.1) is 0 Å². The van der Waals surface area contributed by atoms with Crippen LogP contribution in [0.5, 0.6) is 0 Å². The Morgan fingerprint density at radius 3 is 1.47 bits per heavy atom. The number of fused-ring (bicyclic) bond motifs is 14. The van der Waals surface area contributed by atoms with E-state index in [-0.39, 0.29) is 0 Å². The largest absolute Gasteiger partial charge is 0.309 e. The van der Waals surface area contributed by atoms with E-state index in [1.54, 1.807) is 0 Å². The van der Waals surface area contributed by atoms with Gasteiger partial charge in [-0.2, -0.15) is 0 Å². The summed E-state index contributed by atoms with van der Waals surface area (Å²) in [6.07, 6.45) is 0. The summed E-state index contributed by atoms with van der Waals surface area (Å²) in [4.78, 5) is 15.8. The monoisotopic (exact) mass is 863 g/mol. The van der Waals surface area contributed by atoms with Crippen LogP contribution in [0.25, 0.3) is 144 Å². The molecule has 11 aromatic carbocycles. The topological polar surface area (TPSA) is 48.5 Å². The van der Waals surface area contributed by atoms with E-state index < -0.39 is 0 Å². The minimum atomic E-state index is 0.630. The Hall–Kier alpha value is -9.19. The van der Waals surface area contributed by atoms with E-state index in [0.29, 0.717) is 17.5 Å². The van der Waals surface area contributed by atoms with Crippen LogP contribution >= 0.6 is 0 Å². The molecule has 0 bridgehead atoms. The second-order valence-corrected chi connectivity index (χ2v) is 17.9. The molecule has 15 rings (SSSR count). The molecule has 0 radical (unpaired) electrons. The van der Waals surface area contributed by atoms with Crippen molar-refractivity contribution in [3.8, 4) is 67.8 Å². The molecule has 1 aliphatic rings. The van der Waals surface area contributed by atoms with E-state index >= 15 is 0 Å². The van der Waals surface area contributed by atoms with E-state index in [2.05, 4.69) is 234 Å². The fourth-order valence-electron chi connectivity index (χ4n) is 11.2. The van der Waals surface area contributed by atoms with Crippen molar-refractivity contribution in [1.82, 2.24) is 24.1 Å². The molecule has 68 heavy (non-hydrogen) atoms. The van der Waals surface area contributed by atoms with Crippen molar-refractivity contribution in [3.05, 3.63) is 224 Å². The van der Waals surface area contributed by atoms with Gasteiger partial charge in [0.1, 0.15) is 0 Å². The molecule has 0 fully saturated rings. The van der Waals surface area contributed by atoms with Gasteiger partial charge in [0.2, 0.25) is 0 Å². The molecular formula is C63H37N5. The number of hydrogen-bond donors (Lipinski definition) is 0. The lowest BCUT2D eigenvalue weighted by Crippen LogP contribution is -2.01. The summed E-state index contributed by atoms with van der Waals surface area (Å²) >= 11 is 0. The fourth-order valence-corrected chi connectivity index (χ4v) is 11.2. The molecule has 0 N–H and O–H groups in total. The highest BCUT2D eigenvalue weighted by Gasteiger charge is 2.26. The van der Waals surface area contributed by atoms with Gasteiger partial charge in [-0.1, -0.05) is 182 Å². The molecule has 1 aliphatic heterocycles. The minimum Gasteiger partial charge on any atom is -0.309 e. The summed E-state index contributed by atoms with van der Waals surface area (Å²) < 4.78 is 4.98. The lowest BCUT2D eigenvalue weighted by Gasteiger charge is -2.15. The Balaban J connectivity index is 0.972. The predicted molar refractivity (Wildman–Crippen MR) is 282 cm³/mol. The maximum Gasteiger partial charge on any atom is 0.164 e. The van der Waals surface area contributed by atoms with Crippen molar-refractivity contribution in [1.29, 1.82) is 0 Å². The quantitative estimate of drug-likeness (QED) is 0.177. The predicted octanol–water partition coefficient (Wildman–Crippen LogP) is 16.2. The maximum atomic E-state index is 5.30. The van der Waals surface area contributed by atoms with Gasteiger partial charge >= 0.3 is 0 Å². The third-order valence-corrected chi connectivity index (χ3v) is 14.3. The standard InChI is InChI=1S/C63H37N5/c1-3-16-40-34-42(32-30-38(40)14-1)61-64-62(43-33-31-39-15-2-4-17-41(39)35-43)66-63(65-61)52-26-11-23-48-46(52)22-13-29-56(48)67-55-27-9-8-21-49(55)53-36-59-54(37-58(53)67)51-25-12-24-50-45-19-6-5-18-44(45)47-20-7-10-28-57(47)68(59)60(50)51/h1-37H. The second-order valence-electron chi connectivity index (χ2n) is 17.9. The molecule has 5 nitrogen and oxygen atoms in total. The molecule has 0 saturated carbocycles. The third kappa shape index (κ3) is 5.35. The van der Waals surface area contributed by atoms with Crippen LogP contribution in [0.1, 0.15) is 0 Å². The molecule has 3 aromatic heterocycles. The number of hydrogen-bond acceptors (Lipinski definition) is 3. The summed E-state index contributed by atoms with van der Waals surface area (Å²) in [6.45, 7) is 0. The molecule has 0 aliphatic carbocycles. The highest BCUT2D eigenvalue weighted by molar-refractivity contribution is 6.22. The minimum absolute atomic E-state index is 0.630. The van der Waals surface area contributed by atoms with Crippen LogP contribution in [0.3, 0.4) is 0 Å². The van der Waals surface area contributed by atoms with Gasteiger partial charge in [0.05, 0.1) is 33.4 Å². The molecule has 0 atom stereocenters. The smallest absolute Gasteiger partial charge is 0.164 e. The van der Waals surface area contributed by atoms with Gasteiger partial charge in [0.25, 0.3) is 0 Å². The van der Waals surface area contributed by atoms with E-state index in [1.807, 2.05) is 0 Å². The number of rotatable bonds is 4. The first-order chi connectivity index (χ1) is 33.7. The first-order valence-corrected chi connectivity index (χ1v) is 23.2. The summed E-state index contributed by atoms with van der Waals surface area (Å²) in [5.41, 5.74) is 14.9. The molecule has 314 valence electrons. The zero-order chi connectivity index (χ0) is 44.5. The van der Waals surface area contributed by atoms with Gasteiger partial charge in [0, 0.05) is 54.7 Å². The Bertz CT molecular complexity index is 4360. The van der Waals surface area contributed by atoms with Crippen LogP contribution < -0.4 is 0 Å². The molecule has 14 aromatic rings. The maximum absolute atomic E-state index is 5.30. The van der Waals surface area contributed by atoms with E-state index in [1.165, 1.54) is 71.3 Å². The third-order valence-electron chi connectivity index (χ3n) is 14.3. The Morgan fingerprint density at radius 2 is 0.735 bits per heavy atom. The number of benzene rings is 11. The average molecular weight is 864 g/mol. The molecule has 0 unspecified atom stereocenters. The van der Waals surface area contributed by atoms with Crippen molar-refractivity contribution >= 4 is 75.9 Å². The van der Waals surface area contributed by atoms with Crippen LogP contribution in [-0.4, -0.2) is 24.1 Å². The molecule has 0 saturated heterocycles. The lowest BCUT2D eigenvalue weighted by atomic mass is 9.94. The highest BCUT2D eigenvalue weighted by Crippen LogP contribution is 2.48. The van der Waals surface area contributed by atoms with Crippen LogP contribution in [-0.2, 0) is 0 Å². The van der Waals surface area contributed by atoms with Gasteiger partial charge < -0.3 is 9.13 Å². The van der Waals surface area contributed by atoms with Crippen molar-refractivity contribution in [2.75, 3.05) is 0 Å². The van der Waals surface area contributed by atoms with Crippen LogP contribution in [0.15, 0.2) is 224 Å². The number of aromatic nitrogens is 5. The first-order valence-electron chi connectivity index (χ1n) is 23.2. The van der Waals surface area contributed by atoms with Crippen LogP contribution in [0.2, 0.25) is 0 Å². The number of para-hydroxylation sites is 3. The van der Waals surface area contributed by atoms with Crippen molar-refractivity contribution in [2.24, 2.45) is 0 Å². The van der Waals surface area contributed by atoms with Gasteiger partial charge in [-0.15, -0.1) is 0 Å². The molecular weight excluding hydrogens is 827 g/mol. The Labute approximate surface area is 390 Å². The van der Waals surface area contributed by atoms with Gasteiger partial charge in [-0.05, 0) is 80.5 Å². The van der Waals surface area contributed by atoms with E-state index in [0.717, 1.165) is 55.0 Å². The van der Waals surface area contributed by atoms with Gasteiger partial charge in [0.15, 0.2) is 17.5 Å². The average Bonchev–Trinajstić information content (AvgIpc) is 3.86. The van der Waals surface area contributed by atoms with Crippen molar-refractivity contribution < 1.29 is 0 Å². The molecule has 4 heterocycles.